The van der Waals surface area contributed by atoms with Gasteiger partial charge in [0, 0.05) is 24.3 Å². The van der Waals surface area contributed by atoms with E-state index < -0.39 is 24.4 Å². The molecule has 0 aliphatic rings. The van der Waals surface area contributed by atoms with Crippen LogP contribution in [0.15, 0.2) is 48.5 Å². The predicted octanol–water partition coefficient (Wildman–Crippen LogP) is 2.16. The number of ether oxygens (including phenoxy) is 2. The van der Waals surface area contributed by atoms with Gasteiger partial charge < -0.3 is 14.4 Å². The van der Waals surface area contributed by atoms with Crippen LogP contribution < -0.4 is 20.5 Å². The molecule has 0 saturated carbocycles. The standard InChI is InChI=1S/C21H25N3O5/c1-4-24(5-2)17-10-6-16(7-11-17)21(27)29-14-19(25)22-23-20(26)15-8-12-18(28-3)13-9-15/h6-13H,4-5,14H2,1-3H3,(H,22,25)(H,23,26). The first-order valence-electron chi connectivity index (χ1n) is 9.23. The third-order valence-corrected chi connectivity index (χ3v) is 4.23. The van der Waals surface area contributed by atoms with Crippen LogP contribution in [0.1, 0.15) is 34.6 Å². The molecule has 154 valence electrons. The molecule has 2 aromatic rings. The van der Waals surface area contributed by atoms with E-state index in [1.807, 2.05) is 12.1 Å². The second-order valence-electron chi connectivity index (χ2n) is 6.03. The molecule has 0 heterocycles. The highest BCUT2D eigenvalue weighted by molar-refractivity contribution is 5.96. The number of carbonyl (C=O) groups is 3. The van der Waals surface area contributed by atoms with Crippen molar-refractivity contribution >= 4 is 23.5 Å². The number of anilines is 1. The second-order valence-corrected chi connectivity index (χ2v) is 6.03. The Morgan fingerprint density at radius 2 is 1.45 bits per heavy atom. The van der Waals surface area contributed by atoms with E-state index in [9.17, 15) is 14.4 Å². The zero-order valence-corrected chi connectivity index (χ0v) is 16.7. The van der Waals surface area contributed by atoms with Crippen LogP contribution in [0.25, 0.3) is 0 Å². The fraction of sp³-hybridized carbons (Fsp3) is 0.286. The maximum absolute atomic E-state index is 12.1. The molecule has 0 unspecified atom stereocenters. The first-order chi connectivity index (χ1) is 14.0. The molecule has 2 aromatic carbocycles. The average Bonchev–Trinajstić information content (AvgIpc) is 2.77. The lowest BCUT2D eigenvalue weighted by Crippen LogP contribution is -2.43. The van der Waals surface area contributed by atoms with Crippen molar-refractivity contribution in [3.8, 4) is 5.75 Å². The molecule has 0 aliphatic carbocycles. The minimum absolute atomic E-state index is 0.343. The summed E-state index contributed by atoms with van der Waals surface area (Å²) in [6, 6.07) is 13.3. The summed E-state index contributed by atoms with van der Waals surface area (Å²) >= 11 is 0. The van der Waals surface area contributed by atoms with E-state index in [0.29, 0.717) is 16.9 Å². The highest BCUT2D eigenvalue weighted by Gasteiger charge is 2.12. The van der Waals surface area contributed by atoms with Gasteiger partial charge >= 0.3 is 5.97 Å². The van der Waals surface area contributed by atoms with Gasteiger partial charge in [0.25, 0.3) is 11.8 Å². The van der Waals surface area contributed by atoms with Crippen LogP contribution in [0.2, 0.25) is 0 Å². The summed E-state index contributed by atoms with van der Waals surface area (Å²) in [7, 11) is 1.52. The number of hydrogen-bond donors (Lipinski definition) is 2. The van der Waals surface area contributed by atoms with Gasteiger partial charge in [-0.05, 0) is 62.4 Å². The topological polar surface area (TPSA) is 97.0 Å². The van der Waals surface area contributed by atoms with Crippen molar-refractivity contribution < 1.29 is 23.9 Å². The van der Waals surface area contributed by atoms with Gasteiger partial charge in [-0.2, -0.15) is 0 Å². The molecule has 0 radical (unpaired) electrons. The zero-order chi connectivity index (χ0) is 21.2. The Hall–Kier alpha value is -3.55. The molecule has 0 bridgehead atoms. The first-order valence-corrected chi connectivity index (χ1v) is 9.23. The zero-order valence-electron chi connectivity index (χ0n) is 16.7. The van der Waals surface area contributed by atoms with Gasteiger partial charge in [0.2, 0.25) is 0 Å². The van der Waals surface area contributed by atoms with Crippen molar-refractivity contribution in [3.05, 3.63) is 59.7 Å². The Bertz CT molecular complexity index is 830. The second kappa shape index (κ2) is 10.7. The van der Waals surface area contributed by atoms with Crippen LogP contribution in [0, 0.1) is 0 Å². The van der Waals surface area contributed by atoms with E-state index in [1.54, 1.807) is 36.4 Å². The van der Waals surface area contributed by atoms with Crippen LogP contribution in [0.5, 0.6) is 5.75 Å². The number of methoxy groups -OCH3 is 1. The van der Waals surface area contributed by atoms with Crippen molar-refractivity contribution in [2.75, 3.05) is 31.7 Å². The quantitative estimate of drug-likeness (QED) is 0.522. The maximum atomic E-state index is 12.1. The maximum Gasteiger partial charge on any atom is 0.338 e. The molecule has 2 N–H and O–H groups in total. The molecule has 0 aliphatic heterocycles. The van der Waals surface area contributed by atoms with Crippen molar-refractivity contribution in [1.29, 1.82) is 0 Å². The summed E-state index contributed by atoms with van der Waals surface area (Å²) in [5, 5.41) is 0. The third-order valence-electron chi connectivity index (χ3n) is 4.23. The Balaban J connectivity index is 1.79. The molecule has 2 rings (SSSR count). The molecular weight excluding hydrogens is 374 g/mol. The van der Waals surface area contributed by atoms with Crippen molar-refractivity contribution in [2.45, 2.75) is 13.8 Å². The Kier molecular flexibility index (Phi) is 8.02. The van der Waals surface area contributed by atoms with Crippen molar-refractivity contribution in [2.24, 2.45) is 0 Å². The number of benzene rings is 2. The molecule has 0 fully saturated rings. The molecule has 29 heavy (non-hydrogen) atoms. The van der Waals surface area contributed by atoms with Crippen molar-refractivity contribution in [1.82, 2.24) is 10.9 Å². The Morgan fingerprint density at radius 3 is 2.00 bits per heavy atom. The van der Waals surface area contributed by atoms with E-state index in [1.165, 1.54) is 7.11 Å². The number of hydrogen-bond acceptors (Lipinski definition) is 6. The SMILES string of the molecule is CCN(CC)c1ccc(C(=O)OCC(=O)NNC(=O)c2ccc(OC)cc2)cc1. The molecule has 0 aromatic heterocycles. The van der Waals surface area contributed by atoms with Gasteiger partial charge in [0.15, 0.2) is 6.61 Å². The number of nitrogens with one attached hydrogen (secondary N) is 2. The van der Waals surface area contributed by atoms with E-state index in [-0.39, 0.29) is 0 Å². The molecule has 0 saturated heterocycles. The highest BCUT2D eigenvalue weighted by atomic mass is 16.5. The molecular formula is C21H25N3O5. The summed E-state index contributed by atoms with van der Waals surface area (Å²) in [4.78, 5) is 38.0. The average molecular weight is 399 g/mol. The monoisotopic (exact) mass is 399 g/mol. The first kappa shape index (κ1) is 21.7. The number of esters is 1. The van der Waals surface area contributed by atoms with Crippen LogP contribution >= 0.6 is 0 Å². The van der Waals surface area contributed by atoms with Crippen LogP contribution in [-0.2, 0) is 9.53 Å². The summed E-state index contributed by atoms with van der Waals surface area (Å²) in [5.74, 6) is -1.16. The van der Waals surface area contributed by atoms with Gasteiger partial charge in [-0.15, -0.1) is 0 Å². The minimum atomic E-state index is -0.653. The Morgan fingerprint density at radius 1 is 0.862 bits per heavy atom. The van der Waals surface area contributed by atoms with E-state index in [4.69, 9.17) is 9.47 Å². The number of carbonyl (C=O) groups excluding carboxylic acids is 3. The molecule has 0 atom stereocenters. The summed E-state index contributed by atoms with van der Waals surface area (Å²) < 4.78 is 9.99. The predicted molar refractivity (Wildman–Crippen MR) is 109 cm³/mol. The fourth-order valence-electron chi connectivity index (χ4n) is 2.59. The smallest absolute Gasteiger partial charge is 0.338 e. The summed E-state index contributed by atoms with van der Waals surface area (Å²) in [6.07, 6.45) is 0. The van der Waals surface area contributed by atoms with E-state index in [2.05, 4.69) is 29.6 Å². The lowest BCUT2D eigenvalue weighted by Gasteiger charge is -2.20. The summed E-state index contributed by atoms with van der Waals surface area (Å²) in [6.45, 7) is 5.32. The van der Waals surface area contributed by atoms with E-state index in [0.717, 1.165) is 18.8 Å². The molecule has 2 amide bonds. The van der Waals surface area contributed by atoms with Gasteiger partial charge in [-0.1, -0.05) is 0 Å². The van der Waals surface area contributed by atoms with Gasteiger partial charge in [-0.3, -0.25) is 20.4 Å². The van der Waals surface area contributed by atoms with Crippen LogP contribution in [0.4, 0.5) is 5.69 Å². The van der Waals surface area contributed by atoms with Crippen molar-refractivity contribution in [3.63, 3.8) is 0 Å². The van der Waals surface area contributed by atoms with Gasteiger partial charge in [-0.25, -0.2) is 4.79 Å². The molecule has 8 heteroatoms. The highest BCUT2D eigenvalue weighted by Crippen LogP contribution is 2.15. The normalized spacial score (nSPS) is 10.0. The fourth-order valence-corrected chi connectivity index (χ4v) is 2.59. The minimum Gasteiger partial charge on any atom is -0.497 e. The lowest BCUT2D eigenvalue weighted by atomic mass is 10.2. The number of rotatable bonds is 8. The Labute approximate surface area is 169 Å². The van der Waals surface area contributed by atoms with Crippen LogP contribution in [-0.4, -0.2) is 44.6 Å². The summed E-state index contributed by atoms with van der Waals surface area (Å²) in [5.41, 5.74) is 6.15. The third kappa shape index (κ3) is 6.24. The number of nitrogens with zero attached hydrogens (tertiary/aromatic N) is 1. The lowest BCUT2D eigenvalue weighted by molar-refractivity contribution is -0.125. The number of amides is 2. The van der Waals surface area contributed by atoms with Crippen LogP contribution in [0.3, 0.4) is 0 Å². The molecule has 8 nitrogen and oxygen atoms in total. The van der Waals surface area contributed by atoms with Gasteiger partial charge in [0.1, 0.15) is 5.75 Å². The largest absolute Gasteiger partial charge is 0.497 e. The molecule has 0 spiro atoms. The van der Waals surface area contributed by atoms with E-state index >= 15 is 0 Å². The number of hydrazine groups is 1. The van der Waals surface area contributed by atoms with Gasteiger partial charge in [0.05, 0.1) is 12.7 Å².